The number of nitrogens with zero attached hydrogens (tertiary/aromatic N) is 2. The number of likely N-dealkylation sites (N-methyl/N-ethyl adjacent to an activating group) is 1. The van der Waals surface area contributed by atoms with E-state index >= 15 is 0 Å². The fourth-order valence-electron chi connectivity index (χ4n) is 2.54. The van der Waals surface area contributed by atoms with Crippen molar-refractivity contribution in [2.75, 3.05) is 52.9 Å². The molecule has 1 aromatic carbocycles. The van der Waals surface area contributed by atoms with Crippen LogP contribution >= 0.6 is 0 Å². The molecular formula is C16H27N3O. The molecule has 0 saturated carbocycles. The monoisotopic (exact) mass is 277 g/mol. The molecule has 0 aromatic heterocycles. The van der Waals surface area contributed by atoms with E-state index in [0.717, 1.165) is 45.7 Å². The molecule has 1 aromatic rings. The highest BCUT2D eigenvalue weighted by molar-refractivity contribution is 5.14. The Morgan fingerprint density at radius 1 is 1.15 bits per heavy atom. The van der Waals surface area contributed by atoms with E-state index in [1.54, 1.807) is 0 Å². The second-order valence-electron chi connectivity index (χ2n) is 5.70. The fraction of sp³-hybridized carbons (Fsp3) is 0.625. The Morgan fingerprint density at radius 3 is 2.55 bits per heavy atom. The van der Waals surface area contributed by atoms with Crippen LogP contribution in [0.25, 0.3) is 0 Å². The SMILES string of the molecule is CN1CCN(CC(O)CNCCc2ccccc2)CC1. The van der Waals surface area contributed by atoms with Gasteiger partial charge < -0.3 is 15.3 Å². The highest BCUT2D eigenvalue weighted by Gasteiger charge is 2.16. The summed E-state index contributed by atoms with van der Waals surface area (Å²) in [7, 11) is 2.15. The molecule has 2 N–H and O–H groups in total. The number of β-amino-alcohol motifs (C(OH)–C–C–N with tert-alkyl or cyclic N) is 1. The van der Waals surface area contributed by atoms with Gasteiger partial charge in [0, 0.05) is 39.3 Å². The lowest BCUT2D eigenvalue weighted by Gasteiger charge is -2.33. The quantitative estimate of drug-likeness (QED) is 0.709. The summed E-state index contributed by atoms with van der Waals surface area (Å²) in [5, 5.41) is 13.4. The Morgan fingerprint density at radius 2 is 1.85 bits per heavy atom. The van der Waals surface area contributed by atoms with Crippen LogP contribution in [0.4, 0.5) is 0 Å². The largest absolute Gasteiger partial charge is 0.390 e. The number of piperazine rings is 1. The van der Waals surface area contributed by atoms with E-state index in [4.69, 9.17) is 0 Å². The van der Waals surface area contributed by atoms with Gasteiger partial charge in [0.1, 0.15) is 0 Å². The average molecular weight is 277 g/mol. The smallest absolute Gasteiger partial charge is 0.0791 e. The zero-order valence-electron chi connectivity index (χ0n) is 12.5. The summed E-state index contributed by atoms with van der Waals surface area (Å²) < 4.78 is 0. The summed E-state index contributed by atoms with van der Waals surface area (Å²) in [4.78, 5) is 4.69. The Balaban J connectivity index is 1.55. The van der Waals surface area contributed by atoms with Gasteiger partial charge in [-0.25, -0.2) is 0 Å². The van der Waals surface area contributed by atoms with Gasteiger partial charge in [-0.1, -0.05) is 30.3 Å². The first-order valence-electron chi connectivity index (χ1n) is 7.57. The molecule has 2 rings (SSSR count). The first-order chi connectivity index (χ1) is 9.74. The molecular weight excluding hydrogens is 250 g/mol. The summed E-state index contributed by atoms with van der Waals surface area (Å²) in [5.41, 5.74) is 1.34. The summed E-state index contributed by atoms with van der Waals surface area (Å²) in [6, 6.07) is 10.5. The van der Waals surface area contributed by atoms with Gasteiger partial charge in [-0.2, -0.15) is 0 Å². The topological polar surface area (TPSA) is 38.7 Å². The lowest BCUT2D eigenvalue weighted by molar-refractivity contribution is 0.0803. The lowest BCUT2D eigenvalue weighted by atomic mass is 10.1. The zero-order valence-corrected chi connectivity index (χ0v) is 12.5. The average Bonchev–Trinajstić information content (AvgIpc) is 2.47. The van der Waals surface area contributed by atoms with E-state index in [0.29, 0.717) is 6.54 Å². The summed E-state index contributed by atoms with van der Waals surface area (Å²) in [5.74, 6) is 0. The van der Waals surface area contributed by atoms with E-state index in [2.05, 4.69) is 46.4 Å². The maximum Gasteiger partial charge on any atom is 0.0791 e. The fourth-order valence-corrected chi connectivity index (χ4v) is 2.54. The number of aliphatic hydroxyl groups excluding tert-OH is 1. The predicted molar refractivity (Wildman–Crippen MR) is 83.0 cm³/mol. The second-order valence-corrected chi connectivity index (χ2v) is 5.70. The maximum atomic E-state index is 10.0. The third-order valence-electron chi connectivity index (χ3n) is 3.88. The standard InChI is InChI=1S/C16H27N3O/c1-18-9-11-19(12-10-18)14-16(20)13-17-8-7-15-5-3-2-4-6-15/h2-6,16-17,20H,7-14H2,1H3. The van der Waals surface area contributed by atoms with Gasteiger partial charge in [-0.05, 0) is 25.6 Å². The van der Waals surface area contributed by atoms with Crippen molar-refractivity contribution in [1.82, 2.24) is 15.1 Å². The van der Waals surface area contributed by atoms with Crippen LogP contribution in [-0.2, 0) is 6.42 Å². The van der Waals surface area contributed by atoms with Crippen molar-refractivity contribution in [2.24, 2.45) is 0 Å². The molecule has 4 heteroatoms. The van der Waals surface area contributed by atoms with Crippen LogP contribution in [0.3, 0.4) is 0 Å². The molecule has 0 bridgehead atoms. The number of aliphatic hydroxyl groups is 1. The first kappa shape index (κ1) is 15.4. The summed E-state index contributed by atoms with van der Waals surface area (Å²) in [6.07, 6.45) is 0.747. The minimum absolute atomic E-state index is 0.269. The molecule has 1 atom stereocenters. The zero-order chi connectivity index (χ0) is 14.2. The molecule has 0 aliphatic carbocycles. The van der Waals surface area contributed by atoms with Crippen molar-refractivity contribution < 1.29 is 5.11 Å². The predicted octanol–water partition coefficient (Wildman–Crippen LogP) is 0.427. The molecule has 4 nitrogen and oxygen atoms in total. The van der Waals surface area contributed by atoms with Crippen molar-refractivity contribution in [3.63, 3.8) is 0 Å². The maximum absolute atomic E-state index is 10.0. The van der Waals surface area contributed by atoms with Crippen molar-refractivity contribution in [3.05, 3.63) is 35.9 Å². The summed E-state index contributed by atoms with van der Waals surface area (Å²) >= 11 is 0. The second kappa shape index (κ2) is 8.37. The van der Waals surface area contributed by atoms with E-state index in [9.17, 15) is 5.11 Å². The molecule has 1 saturated heterocycles. The van der Waals surface area contributed by atoms with E-state index in [1.807, 2.05) is 6.07 Å². The summed E-state index contributed by atoms with van der Waals surface area (Å²) in [6.45, 7) is 6.73. The minimum Gasteiger partial charge on any atom is -0.390 e. The van der Waals surface area contributed by atoms with Gasteiger partial charge in [0.25, 0.3) is 0 Å². The molecule has 1 unspecified atom stereocenters. The van der Waals surface area contributed by atoms with Gasteiger partial charge >= 0.3 is 0 Å². The lowest BCUT2D eigenvalue weighted by Crippen LogP contribution is -2.48. The van der Waals surface area contributed by atoms with Crippen LogP contribution in [0, 0.1) is 0 Å². The highest BCUT2D eigenvalue weighted by atomic mass is 16.3. The van der Waals surface area contributed by atoms with Gasteiger partial charge in [-0.3, -0.25) is 4.90 Å². The number of rotatable bonds is 7. The Kier molecular flexibility index (Phi) is 6.47. The van der Waals surface area contributed by atoms with Gasteiger partial charge in [0.05, 0.1) is 6.10 Å². The van der Waals surface area contributed by atoms with Crippen molar-refractivity contribution in [3.8, 4) is 0 Å². The van der Waals surface area contributed by atoms with Crippen molar-refractivity contribution in [2.45, 2.75) is 12.5 Å². The van der Waals surface area contributed by atoms with Crippen LogP contribution in [0.5, 0.6) is 0 Å². The Labute approximate surface area is 122 Å². The van der Waals surface area contributed by atoms with E-state index in [-0.39, 0.29) is 6.10 Å². The van der Waals surface area contributed by atoms with Gasteiger partial charge in [0.15, 0.2) is 0 Å². The number of hydrogen-bond acceptors (Lipinski definition) is 4. The first-order valence-corrected chi connectivity index (χ1v) is 7.57. The molecule has 20 heavy (non-hydrogen) atoms. The molecule has 1 fully saturated rings. The minimum atomic E-state index is -0.269. The van der Waals surface area contributed by atoms with Crippen molar-refractivity contribution >= 4 is 0 Å². The molecule has 0 spiro atoms. The molecule has 1 aliphatic rings. The Hall–Kier alpha value is -0.940. The van der Waals surface area contributed by atoms with Crippen LogP contribution in [0.1, 0.15) is 5.56 Å². The highest BCUT2D eigenvalue weighted by Crippen LogP contribution is 2.01. The van der Waals surface area contributed by atoms with Gasteiger partial charge in [0.2, 0.25) is 0 Å². The molecule has 1 heterocycles. The van der Waals surface area contributed by atoms with Crippen LogP contribution in [0.2, 0.25) is 0 Å². The molecule has 112 valence electrons. The molecule has 0 amide bonds. The normalized spacial score (nSPS) is 19.1. The molecule has 1 aliphatic heterocycles. The third kappa shape index (κ3) is 5.59. The van der Waals surface area contributed by atoms with Gasteiger partial charge in [-0.15, -0.1) is 0 Å². The van der Waals surface area contributed by atoms with Crippen molar-refractivity contribution in [1.29, 1.82) is 0 Å². The van der Waals surface area contributed by atoms with E-state index in [1.165, 1.54) is 5.56 Å². The third-order valence-corrected chi connectivity index (χ3v) is 3.88. The Bertz CT molecular complexity index is 363. The molecule has 0 radical (unpaired) electrons. The van der Waals surface area contributed by atoms with Crippen LogP contribution in [-0.4, -0.2) is 73.9 Å². The number of benzene rings is 1. The number of hydrogen-bond donors (Lipinski definition) is 2. The van der Waals surface area contributed by atoms with Crippen LogP contribution in [0.15, 0.2) is 30.3 Å². The van der Waals surface area contributed by atoms with Crippen LogP contribution < -0.4 is 5.32 Å². The van der Waals surface area contributed by atoms with E-state index < -0.39 is 0 Å². The number of nitrogens with one attached hydrogen (secondary N) is 1.